The predicted octanol–water partition coefficient (Wildman–Crippen LogP) is 4.45. The van der Waals surface area contributed by atoms with Crippen molar-refractivity contribution in [2.24, 2.45) is 0 Å². The van der Waals surface area contributed by atoms with Crippen LogP contribution in [0.15, 0.2) is 53.4 Å². The second-order valence-electron chi connectivity index (χ2n) is 5.32. The van der Waals surface area contributed by atoms with Crippen molar-refractivity contribution in [2.75, 3.05) is 26.1 Å². The second-order valence-corrected chi connectivity index (χ2v) is 6.66. The summed E-state index contributed by atoms with van der Waals surface area (Å²) >= 11 is 1.83. The molecule has 0 amide bonds. The Morgan fingerprint density at radius 1 is 1.04 bits per heavy atom. The summed E-state index contributed by atoms with van der Waals surface area (Å²) in [7, 11) is 1.68. The van der Waals surface area contributed by atoms with Crippen LogP contribution in [0.1, 0.15) is 24.5 Å². The molecule has 0 aliphatic carbocycles. The summed E-state index contributed by atoms with van der Waals surface area (Å²) in [6.07, 6.45) is 0.903. The van der Waals surface area contributed by atoms with Gasteiger partial charge in [-0.3, -0.25) is 0 Å². The highest BCUT2D eigenvalue weighted by Gasteiger charge is 2.41. The standard InChI is InChI=1S/C19H22O3S/c1-3-23-16-11-9-15(10-12-16)19(21-13-6-14-22-19)17-7-4-5-8-18(17)20-2/h4-5,7-12H,3,6,13-14H2,1-2H3. The van der Waals surface area contributed by atoms with E-state index in [1.165, 1.54) is 4.90 Å². The summed E-state index contributed by atoms with van der Waals surface area (Å²) in [4.78, 5) is 1.25. The second kappa shape index (κ2) is 7.39. The molecule has 3 nitrogen and oxygen atoms in total. The summed E-state index contributed by atoms with van der Waals surface area (Å²) in [5.74, 6) is 0.950. The van der Waals surface area contributed by atoms with Crippen LogP contribution in [0.2, 0.25) is 0 Å². The molecule has 0 radical (unpaired) electrons. The average molecular weight is 330 g/mol. The Hall–Kier alpha value is -1.49. The van der Waals surface area contributed by atoms with Gasteiger partial charge in [-0.2, -0.15) is 0 Å². The maximum absolute atomic E-state index is 6.17. The first-order valence-corrected chi connectivity index (χ1v) is 8.93. The molecule has 3 rings (SSSR count). The largest absolute Gasteiger partial charge is 0.496 e. The molecule has 2 aromatic rings. The van der Waals surface area contributed by atoms with Gasteiger partial charge in [-0.1, -0.05) is 31.2 Å². The van der Waals surface area contributed by atoms with E-state index >= 15 is 0 Å². The minimum absolute atomic E-state index is 0.670. The van der Waals surface area contributed by atoms with Crippen molar-refractivity contribution in [3.63, 3.8) is 0 Å². The lowest BCUT2D eigenvalue weighted by atomic mass is 9.95. The van der Waals surface area contributed by atoms with Gasteiger partial charge in [0.1, 0.15) is 5.75 Å². The maximum atomic E-state index is 6.17. The molecule has 122 valence electrons. The molecule has 0 N–H and O–H groups in total. The van der Waals surface area contributed by atoms with Crippen LogP contribution in [0, 0.1) is 0 Å². The van der Waals surface area contributed by atoms with E-state index in [1.54, 1.807) is 7.11 Å². The first-order valence-electron chi connectivity index (χ1n) is 7.95. The fourth-order valence-corrected chi connectivity index (χ4v) is 3.53. The van der Waals surface area contributed by atoms with Gasteiger partial charge >= 0.3 is 0 Å². The van der Waals surface area contributed by atoms with Gasteiger partial charge in [0.15, 0.2) is 0 Å². The van der Waals surface area contributed by atoms with Crippen LogP contribution in [0.25, 0.3) is 0 Å². The summed E-state index contributed by atoms with van der Waals surface area (Å²) in [5, 5.41) is 0. The molecule has 0 spiro atoms. The zero-order valence-electron chi connectivity index (χ0n) is 13.6. The quantitative estimate of drug-likeness (QED) is 0.757. The van der Waals surface area contributed by atoms with E-state index in [0.29, 0.717) is 13.2 Å². The zero-order valence-corrected chi connectivity index (χ0v) is 14.4. The highest BCUT2D eigenvalue weighted by molar-refractivity contribution is 7.99. The molecule has 1 fully saturated rings. The summed E-state index contributed by atoms with van der Waals surface area (Å²) in [6.45, 7) is 3.50. The van der Waals surface area contributed by atoms with Gasteiger partial charge in [-0.15, -0.1) is 11.8 Å². The lowest BCUT2D eigenvalue weighted by molar-refractivity contribution is -0.250. The molecule has 1 saturated heterocycles. The normalized spacial score (nSPS) is 17.0. The summed E-state index contributed by atoms with van der Waals surface area (Å²) in [5.41, 5.74) is 1.92. The zero-order chi connectivity index (χ0) is 16.1. The van der Waals surface area contributed by atoms with Crippen LogP contribution in [0.3, 0.4) is 0 Å². The average Bonchev–Trinajstić information content (AvgIpc) is 2.63. The number of methoxy groups -OCH3 is 1. The van der Waals surface area contributed by atoms with Gasteiger partial charge in [0.2, 0.25) is 5.79 Å². The van der Waals surface area contributed by atoms with Gasteiger partial charge in [-0.25, -0.2) is 0 Å². The van der Waals surface area contributed by atoms with Gasteiger partial charge in [0.05, 0.1) is 25.9 Å². The van der Waals surface area contributed by atoms with Crippen LogP contribution in [0.4, 0.5) is 0 Å². The Morgan fingerprint density at radius 3 is 2.39 bits per heavy atom. The summed E-state index contributed by atoms with van der Waals surface area (Å²) < 4.78 is 17.9. The van der Waals surface area contributed by atoms with Crippen molar-refractivity contribution in [3.8, 4) is 5.75 Å². The van der Waals surface area contributed by atoms with Crippen LogP contribution < -0.4 is 4.74 Å². The lowest BCUT2D eigenvalue weighted by Crippen LogP contribution is -2.39. The predicted molar refractivity (Wildman–Crippen MR) is 93.1 cm³/mol. The topological polar surface area (TPSA) is 27.7 Å². The van der Waals surface area contributed by atoms with E-state index < -0.39 is 5.79 Å². The third kappa shape index (κ3) is 3.25. The number of ether oxygens (including phenoxy) is 3. The number of benzene rings is 2. The number of rotatable bonds is 5. The molecule has 2 aromatic carbocycles. The number of para-hydroxylation sites is 1. The molecule has 4 heteroatoms. The first kappa shape index (κ1) is 16.4. The molecule has 1 aliphatic rings. The molecule has 1 aliphatic heterocycles. The van der Waals surface area contributed by atoms with Crippen molar-refractivity contribution in [1.29, 1.82) is 0 Å². The number of hydrogen-bond donors (Lipinski definition) is 0. The fraction of sp³-hybridized carbons (Fsp3) is 0.368. The molecule has 0 aromatic heterocycles. The minimum atomic E-state index is -0.889. The molecule has 23 heavy (non-hydrogen) atoms. The SMILES string of the molecule is CCSc1ccc(C2(c3ccccc3OC)OCCCO2)cc1. The number of hydrogen-bond acceptors (Lipinski definition) is 4. The van der Waals surface area contributed by atoms with Crippen LogP contribution in [-0.2, 0) is 15.3 Å². The van der Waals surface area contributed by atoms with Crippen LogP contribution in [-0.4, -0.2) is 26.1 Å². The maximum Gasteiger partial charge on any atom is 0.226 e. The van der Waals surface area contributed by atoms with Crippen molar-refractivity contribution >= 4 is 11.8 Å². The molecule has 0 saturated carbocycles. The first-order chi connectivity index (χ1) is 11.3. The Labute approximate surface area is 142 Å². The van der Waals surface area contributed by atoms with Gasteiger partial charge < -0.3 is 14.2 Å². The Bertz CT molecular complexity index is 633. The van der Waals surface area contributed by atoms with Gasteiger partial charge in [-0.05, 0) is 36.4 Å². The van der Waals surface area contributed by atoms with E-state index in [0.717, 1.165) is 29.1 Å². The van der Waals surface area contributed by atoms with Gasteiger partial charge in [0.25, 0.3) is 0 Å². The minimum Gasteiger partial charge on any atom is -0.496 e. The highest BCUT2D eigenvalue weighted by atomic mass is 32.2. The van der Waals surface area contributed by atoms with Crippen molar-refractivity contribution < 1.29 is 14.2 Å². The Kier molecular flexibility index (Phi) is 5.26. The molecule has 0 bridgehead atoms. The van der Waals surface area contributed by atoms with Crippen molar-refractivity contribution in [2.45, 2.75) is 24.0 Å². The molecule has 0 atom stereocenters. The third-order valence-electron chi connectivity index (χ3n) is 3.91. The van der Waals surface area contributed by atoms with Crippen molar-refractivity contribution in [1.82, 2.24) is 0 Å². The van der Waals surface area contributed by atoms with E-state index in [-0.39, 0.29) is 0 Å². The van der Waals surface area contributed by atoms with E-state index in [1.807, 2.05) is 36.0 Å². The van der Waals surface area contributed by atoms with E-state index in [4.69, 9.17) is 14.2 Å². The van der Waals surface area contributed by atoms with Crippen LogP contribution in [0.5, 0.6) is 5.75 Å². The van der Waals surface area contributed by atoms with E-state index in [9.17, 15) is 0 Å². The summed E-state index contributed by atoms with van der Waals surface area (Å²) in [6, 6.07) is 16.3. The molecule has 1 heterocycles. The molecular weight excluding hydrogens is 308 g/mol. The fourth-order valence-electron chi connectivity index (χ4n) is 2.86. The third-order valence-corrected chi connectivity index (χ3v) is 4.80. The van der Waals surface area contributed by atoms with Crippen LogP contribution >= 0.6 is 11.8 Å². The highest BCUT2D eigenvalue weighted by Crippen LogP contribution is 2.42. The number of thioether (sulfide) groups is 1. The Morgan fingerprint density at radius 2 is 1.74 bits per heavy atom. The van der Waals surface area contributed by atoms with E-state index in [2.05, 4.69) is 31.2 Å². The Balaban J connectivity index is 2.06. The molecular formula is C19H22O3S. The lowest BCUT2D eigenvalue weighted by Gasteiger charge is -2.38. The van der Waals surface area contributed by atoms with Gasteiger partial charge in [0, 0.05) is 10.5 Å². The van der Waals surface area contributed by atoms with Crippen molar-refractivity contribution in [3.05, 3.63) is 59.7 Å². The monoisotopic (exact) mass is 330 g/mol. The smallest absolute Gasteiger partial charge is 0.226 e. The molecule has 0 unspecified atom stereocenters.